The van der Waals surface area contributed by atoms with Crippen LogP contribution in [0.3, 0.4) is 0 Å². The fourth-order valence-corrected chi connectivity index (χ4v) is 3.21. The van der Waals surface area contributed by atoms with Gasteiger partial charge >= 0.3 is 6.09 Å². The summed E-state index contributed by atoms with van der Waals surface area (Å²) >= 11 is 6.07. The van der Waals surface area contributed by atoms with Crippen LogP contribution in [0.15, 0.2) is 42.5 Å². The molecule has 0 bridgehead atoms. The summed E-state index contributed by atoms with van der Waals surface area (Å²) in [4.78, 5) is 17.3. The number of carbonyl (C=O) groups excluding carboxylic acids is 1. The number of ether oxygens (including phenoxy) is 1. The van der Waals surface area contributed by atoms with Gasteiger partial charge in [0.05, 0.1) is 6.54 Å². The minimum atomic E-state index is -0.441. The zero-order valence-corrected chi connectivity index (χ0v) is 13.4. The van der Waals surface area contributed by atoms with Crippen LogP contribution in [0.4, 0.5) is 9.18 Å². The Morgan fingerprint density at radius 3 is 2.79 bits per heavy atom. The van der Waals surface area contributed by atoms with Crippen LogP contribution >= 0.6 is 11.6 Å². The molecule has 0 spiro atoms. The molecule has 1 aliphatic heterocycles. The number of H-pyrrole nitrogens is 1. The van der Waals surface area contributed by atoms with Crippen LogP contribution in [-0.2, 0) is 13.0 Å². The van der Waals surface area contributed by atoms with Crippen molar-refractivity contribution in [1.29, 1.82) is 0 Å². The number of halogens is 2. The van der Waals surface area contributed by atoms with E-state index in [2.05, 4.69) is 4.98 Å². The van der Waals surface area contributed by atoms with Gasteiger partial charge < -0.3 is 14.6 Å². The van der Waals surface area contributed by atoms with Gasteiger partial charge in [-0.05, 0) is 54.4 Å². The molecular formula is C18H14ClFN2O2. The van der Waals surface area contributed by atoms with Crippen LogP contribution in [0.5, 0.6) is 5.75 Å². The van der Waals surface area contributed by atoms with Gasteiger partial charge in [-0.25, -0.2) is 9.18 Å². The monoisotopic (exact) mass is 344 g/mol. The van der Waals surface area contributed by atoms with E-state index in [9.17, 15) is 9.18 Å². The van der Waals surface area contributed by atoms with Crippen LogP contribution in [0.1, 0.15) is 11.3 Å². The largest absolute Gasteiger partial charge is 0.415 e. The minimum Gasteiger partial charge on any atom is -0.410 e. The SMILES string of the molecule is O=C(Oc1ccc(F)cc1)N1CCc2c([nH]c3ccc(Cl)cc23)C1. The van der Waals surface area contributed by atoms with E-state index in [1.54, 1.807) is 4.90 Å². The molecule has 3 aromatic rings. The summed E-state index contributed by atoms with van der Waals surface area (Å²) in [6.07, 6.45) is 0.290. The fourth-order valence-electron chi connectivity index (χ4n) is 3.04. The quantitative estimate of drug-likeness (QED) is 0.705. The number of aromatic amines is 1. The third-order valence-corrected chi connectivity index (χ3v) is 4.45. The average Bonchev–Trinajstić information content (AvgIpc) is 2.94. The topological polar surface area (TPSA) is 45.3 Å². The second-order valence-corrected chi connectivity index (χ2v) is 6.20. The first-order valence-electron chi connectivity index (χ1n) is 7.61. The number of hydrogen-bond acceptors (Lipinski definition) is 2. The molecule has 1 aromatic heterocycles. The number of nitrogens with one attached hydrogen (secondary N) is 1. The highest BCUT2D eigenvalue weighted by atomic mass is 35.5. The summed E-state index contributed by atoms with van der Waals surface area (Å²) in [6, 6.07) is 11.1. The number of nitrogens with zero attached hydrogens (tertiary/aromatic N) is 1. The molecule has 1 N–H and O–H groups in total. The molecule has 24 heavy (non-hydrogen) atoms. The molecule has 1 aliphatic rings. The van der Waals surface area contributed by atoms with Gasteiger partial charge in [-0.2, -0.15) is 0 Å². The van der Waals surface area contributed by atoms with E-state index in [0.29, 0.717) is 23.9 Å². The van der Waals surface area contributed by atoms with Gasteiger partial charge in [0, 0.05) is 28.2 Å². The highest BCUT2D eigenvalue weighted by Crippen LogP contribution is 2.30. The number of aromatic nitrogens is 1. The standard InChI is InChI=1S/C18H14ClFN2O2/c19-11-1-6-16-15(9-11)14-7-8-22(10-17(14)21-16)18(23)24-13-4-2-12(20)3-5-13/h1-6,9,21H,7-8,10H2. The lowest BCUT2D eigenvalue weighted by Gasteiger charge is -2.26. The molecule has 0 unspecified atom stereocenters. The Kier molecular flexibility index (Phi) is 3.65. The third kappa shape index (κ3) is 2.71. The Labute approximate surface area is 142 Å². The molecule has 0 saturated carbocycles. The Balaban J connectivity index is 1.54. The van der Waals surface area contributed by atoms with E-state index in [1.807, 2.05) is 18.2 Å². The Bertz CT molecular complexity index is 921. The predicted molar refractivity (Wildman–Crippen MR) is 89.8 cm³/mol. The van der Waals surface area contributed by atoms with E-state index in [-0.39, 0.29) is 5.82 Å². The first kappa shape index (κ1) is 15.0. The maximum atomic E-state index is 12.9. The van der Waals surface area contributed by atoms with Gasteiger partial charge in [-0.15, -0.1) is 0 Å². The zero-order chi connectivity index (χ0) is 16.7. The zero-order valence-electron chi connectivity index (χ0n) is 12.7. The maximum Gasteiger partial charge on any atom is 0.415 e. The molecule has 2 aromatic carbocycles. The maximum absolute atomic E-state index is 12.9. The Morgan fingerprint density at radius 1 is 1.21 bits per heavy atom. The van der Waals surface area contributed by atoms with Crippen molar-refractivity contribution in [3.8, 4) is 5.75 Å². The summed E-state index contributed by atoms with van der Waals surface area (Å²) in [5.74, 6) is -0.0372. The molecule has 4 nitrogen and oxygen atoms in total. The van der Waals surface area contributed by atoms with Crippen molar-refractivity contribution >= 4 is 28.6 Å². The van der Waals surface area contributed by atoms with Crippen molar-refractivity contribution in [2.45, 2.75) is 13.0 Å². The molecule has 0 atom stereocenters. The van der Waals surface area contributed by atoms with Crippen LogP contribution in [0, 0.1) is 5.82 Å². The number of benzene rings is 2. The van der Waals surface area contributed by atoms with Crippen molar-refractivity contribution in [2.75, 3.05) is 6.54 Å². The summed E-state index contributed by atoms with van der Waals surface area (Å²) in [5.41, 5.74) is 3.20. The number of carbonyl (C=O) groups is 1. The molecule has 4 rings (SSSR count). The van der Waals surface area contributed by atoms with Crippen molar-refractivity contribution in [2.24, 2.45) is 0 Å². The van der Waals surface area contributed by atoms with Gasteiger partial charge in [0.15, 0.2) is 0 Å². The lowest BCUT2D eigenvalue weighted by Crippen LogP contribution is -2.37. The summed E-state index contributed by atoms with van der Waals surface area (Å²) < 4.78 is 18.2. The first-order valence-corrected chi connectivity index (χ1v) is 7.99. The minimum absolute atomic E-state index is 0.329. The highest BCUT2D eigenvalue weighted by Gasteiger charge is 2.25. The number of fused-ring (bicyclic) bond motifs is 3. The molecule has 0 radical (unpaired) electrons. The van der Waals surface area contributed by atoms with Crippen molar-refractivity contribution < 1.29 is 13.9 Å². The van der Waals surface area contributed by atoms with Gasteiger partial charge in [-0.1, -0.05) is 11.6 Å². The lowest BCUT2D eigenvalue weighted by molar-refractivity contribution is 0.146. The van der Waals surface area contributed by atoms with E-state index < -0.39 is 6.09 Å². The van der Waals surface area contributed by atoms with Gasteiger partial charge in [-0.3, -0.25) is 0 Å². The summed E-state index contributed by atoms with van der Waals surface area (Å²) in [6.45, 7) is 1.01. The van der Waals surface area contributed by atoms with Crippen LogP contribution in [0.2, 0.25) is 5.02 Å². The normalized spacial score (nSPS) is 13.8. The average molecular weight is 345 g/mol. The van der Waals surface area contributed by atoms with Crippen molar-refractivity contribution in [3.05, 3.63) is 64.6 Å². The van der Waals surface area contributed by atoms with Gasteiger partial charge in [0.1, 0.15) is 11.6 Å². The number of rotatable bonds is 1. The molecule has 0 aliphatic carbocycles. The molecule has 2 heterocycles. The Morgan fingerprint density at radius 2 is 2.00 bits per heavy atom. The highest BCUT2D eigenvalue weighted by molar-refractivity contribution is 6.31. The van der Waals surface area contributed by atoms with Crippen LogP contribution < -0.4 is 4.74 Å². The second-order valence-electron chi connectivity index (χ2n) is 5.77. The van der Waals surface area contributed by atoms with Crippen LogP contribution in [0.25, 0.3) is 10.9 Å². The molecule has 0 saturated heterocycles. The second kappa shape index (κ2) is 5.83. The van der Waals surface area contributed by atoms with E-state index >= 15 is 0 Å². The van der Waals surface area contributed by atoms with E-state index in [1.165, 1.54) is 29.8 Å². The van der Waals surface area contributed by atoms with Crippen molar-refractivity contribution in [3.63, 3.8) is 0 Å². The summed E-state index contributed by atoms with van der Waals surface area (Å²) in [5, 5.41) is 1.80. The molecular weight excluding hydrogens is 331 g/mol. The number of hydrogen-bond donors (Lipinski definition) is 1. The molecule has 1 amide bonds. The molecule has 122 valence electrons. The molecule has 0 fully saturated rings. The Hall–Kier alpha value is -2.53. The van der Waals surface area contributed by atoms with Crippen LogP contribution in [-0.4, -0.2) is 22.5 Å². The third-order valence-electron chi connectivity index (χ3n) is 4.21. The number of amides is 1. The van der Waals surface area contributed by atoms with E-state index in [0.717, 1.165) is 23.0 Å². The smallest absolute Gasteiger partial charge is 0.410 e. The molecule has 6 heteroatoms. The fraction of sp³-hybridized carbons (Fsp3) is 0.167. The van der Waals surface area contributed by atoms with Gasteiger partial charge in [0.25, 0.3) is 0 Å². The summed E-state index contributed by atoms with van der Waals surface area (Å²) in [7, 11) is 0. The lowest BCUT2D eigenvalue weighted by atomic mass is 10.0. The van der Waals surface area contributed by atoms with E-state index in [4.69, 9.17) is 16.3 Å². The van der Waals surface area contributed by atoms with Crippen molar-refractivity contribution in [1.82, 2.24) is 9.88 Å². The predicted octanol–water partition coefficient (Wildman–Crippen LogP) is 4.52. The van der Waals surface area contributed by atoms with Gasteiger partial charge in [0.2, 0.25) is 0 Å². The first-order chi connectivity index (χ1) is 11.6.